The highest BCUT2D eigenvalue weighted by Crippen LogP contribution is 2.02. The average molecular weight is 169 g/mol. The Labute approximate surface area is 70.3 Å². The van der Waals surface area contributed by atoms with Crippen LogP contribution in [0.15, 0.2) is 6.20 Å². The molecular weight excluding hydrogens is 158 g/mol. The predicted octanol–water partition coefficient (Wildman–Crippen LogP) is 0.298. The quantitative estimate of drug-likeness (QED) is 0.608. The number of aromatic nitrogens is 3. The lowest BCUT2D eigenvalue weighted by Crippen LogP contribution is -2.11. The van der Waals surface area contributed by atoms with Gasteiger partial charge in [-0.3, -0.25) is 4.79 Å². The molecule has 0 fully saturated rings. The summed E-state index contributed by atoms with van der Waals surface area (Å²) in [7, 11) is 1.62. The molecule has 1 unspecified atom stereocenters. The minimum atomic E-state index is 0.108. The Kier molecular flexibility index (Phi) is 2.93. The summed E-state index contributed by atoms with van der Waals surface area (Å²) in [6, 6.07) is 0.108. The van der Waals surface area contributed by atoms with Gasteiger partial charge in [0.25, 0.3) is 0 Å². The van der Waals surface area contributed by atoms with Crippen LogP contribution in [0.2, 0.25) is 0 Å². The van der Waals surface area contributed by atoms with Crippen molar-refractivity contribution in [2.24, 2.45) is 0 Å². The lowest BCUT2D eigenvalue weighted by atomic mass is 10.4. The first-order chi connectivity index (χ1) is 5.77. The monoisotopic (exact) mass is 169 g/mol. The van der Waals surface area contributed by atoms with Crippen LogP contribution < -0.4 is 0 Å². The molecule has 1 rings (SSSR count). The van der Waals surface area contributed by atoms with E-state index in [1.807, 2.05) is 6.92 Å². The number of methoxy groups -OCH3 is 1. The van der Waals surface area contributed by atoms with Crippen LogP contribution in [-0.2, 0) is 4.74 Å². The standard InChI is InChI=1S/C7H11N3O2/c1-6(5-12-2)10-3-7(4-11)8-9-10/h3-4,6H,5H2,1-2H3. The van der Waals surface area contributed by atoms with Crippen LogP contribution in [-0.4, -0.2) is 35.0 Å². The van der Waals surface area contributed by atoms with Crippen molar-refractivity contribution in [2.75, 3.05) is 13.7 Å². The highest BCUT2D eigenvalue weighted by Gasteiger charge is 2.06. The van der Waals surface area contributed by atoms with E-state index in [0.717, 1.165) is 0 Å². The van der Waals surface area contributed by atoms with Gasteiger partial charge in [-0.1, -0.05) is 5.21 Å². The number of aldehydes is 1. The third kappa shape index (κ3) is 1.88. The van der Waals surface area contributed by atoms with Crippen LogP contribution >= 0.6 is 0 Å². The van der Waals surface area contributed by atoms with E-state index in [9.17, 15) is 4.79 Å². The maximum atomic E-state index is 10.3. The Balaban J connectivity index is 2.67. The molecule has 0 aliphatic heterocycles. The fourth-order valence-corrected chi connectivity index (χ4v) is 0.877. The van der Waals surface area contributed by atoms with E-state index < -0.39 is 0 Å². The molecule has 5 heteroatoms. The molecule has 0 radical (unpaired) electrons. The second-order valence-electron chi connectivity index (χ2n) is 2.55. The van der Waals surface area contributed by atoms with Gasteiger partial charge in [-0.15, -0.1) is 5.10 Å². The molecule has 1 heterocycles. The second kappa shape index (κ2) is 3.96. The van der Waals surface area contributed by atoms with Crippen molar-refractivity contribution >= 4 is 6.29 Å². The molecule has 12 heavy (non-hydrogen) atoms. The zero-order valence-corrected chi connectivity index (χ0v) is 7.10. The third-order valence-corrected chi connectivity index (χ3v) is 1.51. The zero-order chi connectivity index (χ0) is 8.97. The number of hydrogen-bond donors (Lipinski definition) is 0. The maximum absolute atomic E-state index is 10.3. The molecule has 1 atom stereocenters. The molecule has 1 aromatic heterocycles. The Bertz CT molecular complexity index is 259. The summed E-state index contributed by atoms with van der Waals surface area (Å²) in [6.07, 6.45) is 2.26. The van der Waals surface area contributed by atoms with E-state index in [1.54, 1.807) is 18.0 Å². The van der Waals surface area contributed by atoms with Crippen molar-refractivity contribution in [3.63, 3.8) is 0 Å². The smallest absolute Gasteiger partial charge is 0.171 e. The highest BCUT2D eigenvalue weighted by molar-refractivity contribution is 5.70. The Morgan fingerprint density at radius 3 is 3.08 bits per heavy atom. The second-order valence-corrected chi connectivity index (χ2v) is 2.55. The fourth-order valence-electron chi connectivity index (χ4n) is 0.877. The number of carbonyl (C=O) groups excluding carboxylic acids is 1. The van der Waals surface area contributed by atoms with Gasteiger partial charge in [0.15, 0.2) is 6.29 Å². The molecule has 0 N–H and O–H groups in total. The molecule has 0 spiro atoms. The number of nitrogens with zero attached hydrogens (tertiary/aromatic N) is 3. The fraction of sp³-hybridized carbons (Fsp3) is 0.571. The van der Waals surface area contributed by atoms with Gasteiger partial charge < -0.3 is 4.74 Å². The average Bonchev–Trinajstić information content (AvgIpc) is 2.52. The van der Waals surface area contributed by atoms with Crippen LogP contribution in [0.1, 0.15) is 23.5 Å². The van der Waals surface area contributed by atoms with E-state index in [1.165, 1.54) is 0 Å². The van der Waals surface area contributed by atoms with Crippen LogP contribution in [0.3, 0.4) is 0 Å². The SMILES string of the molecule is COCC(C)n1cc(C=O)nn1. The molecular formula is C7H11N3O2. The molecule has 0 aliphatic rings. The molecule has 1 aromatic rings. The normalized spacial score (nSPS) is 12.8. The first kappa shape index (κ1) is 8.86. The Morgan fingerprint density at radius 2 is 2.58 bits per heavy atom. The Morgan fingerprint density at radius 1 is 1.83 bits per heavy atom. The van der Waals surface area contributed by atoms with E-state index in [2.05, 4.69) is 10.3 Å². The van der Waals surface area contributed by atoms with Crippen LogP contribution in [0.4, 0.5) is 0 Å². The molecule has 0 saturated carbocycles. The van der Waals surface area contributed by atoms with Crippen LogP contribution in [0, 0.1) is 0 Å². The lowest BCUT2D eigenvalue weighted by molar-refractivity contribution is 0.111. The topological polar surface area (TPSA) is 57.0 Å². The van der Waals surface area contributed by atoms with Gasteiger partial charge in [0.1, 0.15) is 5.69 Å². The predicted molar refractivity (Wildman–Crippen MR) is 42.0 cm³/mol. The molecule has 0 saturated heterocycles. The third-order valence-electron chi connectivity index (χ3n) is 1.51. The number of ether oxygens (including phenoxy) is 1. The summed E-state index contributed by atoms with van der Waals surface area (Å²) in [5.41, 5.74) is 0.345. The molecule has 0 aromatic carbocycles. The van der Waals surface area contributed by atoms with E-state index in [0.29, 0.717) is 18.6 Å². The van der Waals surface area contributed by atoms with Crippen molar-refractivity contribution in [3.05, 3.63) is 11.9 Å². The van der Waals surface area contributed by atoms with Gasteiger partial charge in [-0.25, -0.2) is 4.68 Å². The van der Waals surface area contributed by atoms with Gasteiger partial charge in [0, 0.05) is 7.11 Å². The molecule has 0 amide bonds. The summed E-state index contributed by atoms with van der Waals surface area (Å²) in [5.74, 6) is 0. The largest absolute Gasteiger partial charge is 0.382 e. The summed E-state index contributed by atoms with van der Waals surface area (Å²) in [5, 5.41) is 7.39. The summed E-state index contributed by atoms with van der Waals surface area (Å²) >= 11 is 0. The van der Waals surface area contributed by atoms with Gasteiger partial charge in [-0.05, 0) is 6.92 Å². The van der Waals surface area contributed by atoms with Crippen LogP contribution in [0.25, 0.3) is 0 Å². The molecule has 0 bridgehead atoms. The van der Waals surface area contributed by atoms with Crippen molar-refractivity contribution in [2.45, 2.75) is 13.0 Å². The van der Waals surface area contributed by atoms with Crippen molar-refractivity contribution in [3.8, 4) is 0 Å². The van der Waals surface area contributed by atoms with Gasteiger partial charge >= 0.3 is 0 Å². The zero-order valence-electron chi connectivity index (χ0n) is 7.10. The van der Waals surface area contributed by atoms with Crippen molar-refractivity contribution in [1.29, 1.82) is 0 Å². The highest BCUT2D eigenvalue weighted by atomic mass is 16.5. The van der Waals surface area contributed by atoms with E-state index in [4.69, 9.17) is 4.74 Å². The first-order valence-corrected chi connectivity index (χ1v) is 3.64. The Hall–Kier alpha value is -1.23. The van der Waals surface area contributed by atoms with Gasteiger partial charge in [-0.2, -0.15) is 0 Å². The lowest BCUT2D eigenvalue weighted by Gasteiger charge is -2.08. The minimum Gasteiger partial charge on any atom is -0.382 e. The van der Waals surface area contributed by atoms with Crippen molar-refractivity contribution in [1.82, 2.24) is 15.0 Å². The first-order valence-electron chi connectivity index (χ1n) is 3.64. The van der Waals surface area contributed by atoms with Crippen LogP contribution in [0.5, 0.6) is 0 Å². The number of carbonyl (C=O) groups is 1. The molecule has 0 aliphatic carbocycles. The summed E-state index contributed by atoms with van der Waals surface area (Å²) < 4.78 is 6.53. The van der Waals surface area contributed by atoms with E-state index >= 15 is 0 Å². The maximum Gasteiger partial charge on any atom is 0.171 e. The molecule has 5 nitrogen and oxygen atoms in total. The minimum absolute atomic E-state index is 0.108. The van der Waals surface area contributed by atoms with Gasteiger partial charge in [0.05, 0.1) is 18.8 Å². The van der Waals surface area contributed by atoms with E-state index in [-0.39, 0.29) is 6.04 Å². The summed E-state index contributed by atoms with van der Waals surface area (Å²) in [6.45, 7) is 2.49. The summed E-state index contributed by atoms with van der Waals surface area (Å²) in [4.78, 5) is 10.3. The number of hydrogen-bond acceptors (Lipinski definition) is 4. The number of rotatable bonds is 4. The van der Waals surface area contributed by atoms with Gasteiger partial charge in [0.2, 0.25) is 0 Å². The molecule has 66 valence electrons. The van der Waals surface area contributed by atoms with Crippen molar-refractivity contribution < 1.29 is 9.53 Å².